The number of anilines is 1. The molecule has 20 heavy (non-hydrogen) atoms. The van der Waals surface area contributed by atoms with Crippen molar-refractivity contribution in [3.8, 4) is 0 Å². The van der Waals surface area contributed by atoms with Crippen molar-refractivity contribution in [3.05, 3.63) is 29.8 Å². The van der Waals surface area contributed by atoms with Crippen LogP contribution in [0.15, 0.2) is 24.3 Å². The molecule has 2 N–H and O–H groups in total. The molecule has 3 atom stereocenters. The minimum absolute atomic E-state index is 0.239. The van der Waals surface area contributed by atoms with Crippen LogP contribution in [0.25, 0.3) is 0 Å². The number of para-hydroxylation sites is 1. The highest BCUT2D eigenvalue weighted by molar-refractivity contribution is 5.55. The third-order valence-corrected chi connectivity index (χ3v) is 5.09. The van der Waals surface area contributed by atoms with Crippen LogP contribution in [0.1, 0.15) is 51.0 Å². The van der Waals surface area contributed by atoms with Gasteiger partial charge in [0, 0.05) is 24.3 Å². The van der Waals surface area contributed by atoms with Crippen molar-refractivity contribution in [1.29, 1.82) is 0 Å². The van der Waals surface area contributed by atoms with Gasteiger partial charge in [0.05, 0.1) is 0 Å². The summed E-state index contributed by atoms with van der Waals surface area (Å²) in [5.74, 6) is 0.931. The molecule has 0 radical (unpaired) electrons. The number of nitrogens with two attached hydrogens (primary N) is 1. The van der Waals surface area contributed by atoms with Crippen LogP contribution < -0.4 is 10.6 Å². The molecule has 3 unspecified atom stereocenters. The fourth-order valence-corrected chi connectivity index (χ4v) is 4.23. The number of hydrogen-bond donors (Lipinski definition) is 1. The number of nitrogens with zero attached hydrogens (tertiary/aromatic N) is 1. The summed E-state index contributed by atoms with van der Waals surface area (Å²) in [6.07, 6.45) is 9.46. The van der Waals surface area contributed by atoms with Crippen molar-refractivity contribution in [2.75, 3.05) is 11.4 Å². The van der Waals surface area contributed by atoms with E-state index in [0.29, 0.717) is 0 Å². The molecule has 2 fully saturated rings. The first-order chi connectivity index (χ1) is 9.75. The van der Waals surface area contributed by atoms with Crippen LogP contribution in [0.4, 0.5) is 5.69 Å². The molecule has 1 saturated carbocycles. The van der Waals surface area contributed by atoms with E-state index in [4.69, 9.17) is 5.73 Å². The van der Waals surface area contributed by atoms with Crippen molar-refractivity contribution in [1.82, 2.24) is 0 Å². The molecule has 1 aromatic rings. The molecular weight excluding hydrogens is 244 g/mol. The lowest BCUT2D eigenvalue weighted by Gasteiger charge is -2.46. The first kappa shape index (κ1) is 13.9. The Morgan fingerprint density at radius 2 is 1.90 bits per heavy atom. The van der Waals surface area contributed by atoms with E-state index >= 15 is 0 Å². The third kappa shape index (κ3) is 2.85. The summed E-state index contributed by atoms with van der Waals surface area (Å²) in [5.41, 5.74) is 8.93. The average molecular weight is 272 g/mol. The van der Waals surface area contributed by atoms with Crippen molar-refractivity contribution in [2.45, 2.75) is 64.0 Å². The molecule has 1 heterocycles. The average Bonchev–Trinajstić information content (AvgIpc) is 2.47. The van der Waals surface area contributed by atoms with Gasteiger partial charge in [0.1, 0.15) is 0 Å². The van der Waals surface area contributed by atoms with Gasteiger partial charge in [0.15, 0.2) is 0 Å². The molecule has 0 bridgehead atoms. The lowest BCUT2D eigenvalue weighted by molar-refractivity contribution is 0.243. The SMILES string of the molecule is CC(N)Cc1ccccc1N1CCCC2CCCCC21. The number of fused-ring (bicyclic) bond motifs is 1. The number of benzene rings is 1. The Labute approximate surface area is 123 Å². The summed E-state index contributed by atoms with van der Waals surface area (Å²) in [6.45, 7) is 3.34. The molecular formula is C18H28N2. The molecule has 3 rings (SSSR count). The maximum Gasteiger partial charge on any atom is 0.0401 e. The monoisotopic (exact) mass is 272 g/mol. The zero-order chi connectivity index (χ0) is 13.9. The Bertz CT molecular complexity index is 439. The lowest BCUT2D eigenvalue weighted by atomic mass is 9.78. The zero-order valence-corrected chi connectivity index (χ0v) is 12.7. The van der Waals surface area contributed by atoms with Crippen molar-refractivity contribution in [2.24, 2.45) is 11.7 Å². The van der Waals surface area contributed by atoms with Crippen molar-refractivity contribution >= 4 is 5.69 Å². The van der Waals surface area contributed by atoms with E-state index in [1.165, 1.54) is 56.3 Å². The van der Waals surface area contributed by atoms with E-state index in [0.717, 1.165) is 18.4 Å². The van der Waals surface area contributed by atoms with Crippen molar-refractivity contribution < 1.29 is 0 Å². The first-order valence-electron chi connectivity index (χ1n) is 8.36. The summed E-state index contributed by atoms with van der Waals surface area (Å²) >= 11 is 0. The van der Waals surface area contributed by atoms with Gasteiger partial charge >= 0.3 is 0 Å². The van der Waals surface area contributed by atoms with E-state index < -0.39 is 0 Å². The van der Waals surface area contributed by atoms with Gasteiger partial charge in [0.25, 0.3) is 0 Å². The third-order valence-electron chi connectivity index (χ3n) is 5.09. The predicted molar refractivity (Wildman–Crippen MR) is 86.1 cm³/mol. The van der Waals surface area contributed by atoms with E-state index in [9.17, 15) is 0 Å². The summed E-state index contributed by atoms with van der Waals surface area (Å²) in [7, 11) is 0. The predicted octanol–water partition coefficient (Wildman–Crippen LogP) is 3.74. The normalized spacial score (nSPS) is 28.0. The fourth-order valence-electron chi connectivity index (χ4n) is 4.23. The Kier molecular flexibility index (Phi) is 4.30. The minimum atomic E-state index is 0.239. The van der Waals surface area contributed by atoms with E-state index in [1.54, 1.807) is 0 Å². The van der Waals surface area contributed by atoms with Gasteiger partial charge in [-0.25, -0.2) is 0 Å². The van der Waals surface area contributed by atoms with E-state index in [2.05, 4.69) is 36.1 Å². The summed E-state index contributed by atoms with van der Waals surface area (Å²) in [4.78, 5) is 2.71. The highest BCUT2D eigenvalue weighted by Crippen LogP contribution is 2.38. The van der Waals surface area contributed by atoms with Gasteiger partial charge in [-0.15, -0.1) is 0 Å². The molecule has 2 aliphatic rings. The highest BCUT2D eigenvalue weighted by atomic mass is 15.2. The molecule has 0 spiro atoms. The van der Waals surface area contributed by atoms with E-state index in [1.807, 2.05) is 0 Å². The molecule has 1 aliphatic heterocycles. The van der Waals surface area contributed by atoms with E-state index in [-0.39, 0.29) is 6.04 Å². The molecule has 1 saturated heterocycles. The topological polar surface area (TPSA) is 29.3 Å². The first-order valence-corrected chi connectivity index (χ1v) is 8.36. The number of hydrogen-bond acceptors (Lipinski definition) is 2. The molecule has 110 valence electrons. The standard InChI is InChI=1S/C18H28N2/c1-14(19)13-16-8-3-5-11-18(16)20-12-6-9-15-7-2-4-10-17(15)20/h3,5,8,11,14-15,17H,2,4,6-7,9-10,12-13,19H2,1H3. The largest absolute Gasteiger partial charge is 0.368 e. The van der Waals surface area contributed by atoms with Crippen LogP contribution in [0.3, 0.4) is 0 Å². The second kappa shape index (κ2) is 6.17. The number of rotatable bonds is 3. The number of piperidine rings is 1. The van der Waals surface area contributed by atoms with Crippen LogP contribution >= 0.6 is 0 Å². The Balaban J connectivity index is 1.87. The highest BCUT2D eigenvalue weighted by Gasteiger charge is 2.33. The van der Waals surface area contributed by atoms with Crippen LogP contribution in [0, 0.1) is 5.92 Å². The molecule has 2 heteroatoms. The molecule has 1 aromatic carbocycles. The van der Waals surface area contributed by atoms with Gasteiger partial charge in [-0.05, 0) is 56.6 Å². The molecule has 0 amide bonds. The zero-order valence-electron chi connectivity index (χ0n) is 12.7. The maximum absolute atomic E-state index is 6.04. The molecule has 0 aromatic heterocycles. The molecule has 2 nitrogen and oxygen atoms in total. The van der Waals surface area contributed by atoms with Gasteiger partial charge in [-0.2, -0.15) is 0 Å². The summed E-state index contributed by atoms with van der Waals surface area (Å²) < 4.78 is 0. The molecule has 1 aliphatic carbocycles. The quantitative estimate of drug-likeness (QED) is 0.908. The van der Waals surface area contributed by atoms with Gasteiger partial charge in [-0.1, -0.05) is 31.0 Å². The fraction of sp³-hybridized carbons (Fsp3) is 0.667. The van der Waals surface area contributed by atoms with Gasteiger partial charge in [0.2, 0.25) is 0 Å². The maximum atomic E-state index is 6.04. The van der Waals surface area contributed by atoms with Crippen LogP contribution in [0.2, 0.25) is 0 Å². The van der Waals surface area contributed by atoms with Crippen LogP contribution in [0.5, 0.6) is 0 Å². The minimum Gasteiger partial charge on any atom is -0.368 e. The Morgan fingerprint density at radius 3 is 2.75 bits per heavy atom. The van der Waals surface area contributed by atoms with Crippen LogP contribution in [-0.4, -0.2) is 18.6 Å². The van der Waals surface area contributed by atoms with Crippen LogP contribution in [-0.2, 0) is 6.42 Å². The smallest absolute Gasteiger partial charge is 0.0401 e. The second-order valence-corrected chi connectivity index (χ2v) is 6.76. The lowest BCUT2D eigenvalue weighted by Crippen LogP contribution is -2.47. The Morgan fingerprint density at radius 1 is 1.15 bits per heavy atom. The summed E-state index contributed by atoms with van der Waals surface area (Å²) in [6, 6.07) is 9.95. The van der Waals surface area contributed by atoms with Gasteiger partial charge in [-0.3, -0.25) is 0 Å². The van der Waals surface area contributed by atoms with Crippen molar-refractivity contribution in [3.63, 3.8) is 0 Å². The Hall–Kier alpha value is -1.02. The summed E-state index contributed by atoms with van der Waals surface area (Å²) in [5, 5.41) is 0. The van der Waals surface area contributed by atoms with Gasteiger partial charge < -0.3 is 10.6 Å². The second-order valence-electron chi connectivity index (χ2n) is 6.76.